The molecule has 1 fully saturated rings. The number of ketones is 1. The Morgan fingerprint density at radius 3 is 2.81 bits per heavy atom. The van der Waals surface area contributed by atoms with Crippen LogP contribution in [-0.4, -0.2) is 36.4 Å². The number of nitrogens with zero attached hydrogens (tertiary/aromatic N) is 5. The maximum Gasteiger partial charge on any atom is 0.225 e. The number of aryl methyl sites for hydroxylation is 2. The van der Waals surface area contributed by atoms with E-state index < -0.39 is 0 Å². The Kier molecular flexibility index (Phi) is 4.01. The second kappa shape index (κ2) is 6.23. The topological polar surface area (TPSA) is 74.8 Å². The van der Waals surface area contributed by atoms with E-state index in [-0.39, 0.29) is 12.0 Å². The maximum atomic E-state index is 11.6. The zero-order valence-corrected chi connectivity index (χ0v) is 15.6. The lowest BCUT2D eigenvalue weighted by Crippen LogP contribution is -2.22. The van der Waals surface area contributed by atoms with Crippen LogP contribution in [0.5, 0.6) is 5.88 Å². The SMILES string of the molecule is Cc1c(-c2cc3nn(C)cc3c(O[C@H](C)[C@H]3CCC(=O)C3)n2)cnn1C. The Hall–Kier alpha value is -2.70. The molecule has 0 unspecified atom stereocenters. The zero-order chi connectivity index (χ0) is 18.4. The third-order valence-electron chi connectivity index (χ3n) is 5.34. The molecule has 3 aromatic heterocycles. The minimum atomic E-state index is -0.0670. The second-order valence-electron chi connectivity index (χ2n) is 7.18. The van der Waals surface area contributed by atoms with Gasteiger partial charge in [0.1, 0.15) is 11.9 Å². The quantitative estimate of drug-likeness (QED) is 0.721. The summed E-state index contributed by atoms with van der Waals surface area (Å²) in [6.07, 6.45) is 5.81. The van der Waals surface area contributed by atoms with Gasteiger partial charge < -0.3 is 4.74 Å². The van der Waals surface area contributed by atoms with Crippen molar-refractivity contribution in [3.05, 3.63) is 24.2 Å². The van der Waals surface area contributed by atoms with Gasteiger partial charge in [0.2, 0.25) is 5.88 Å². The molecule has 0 aromatic carbocycles. The molecule has 1 aliphatic rings. The molecule has 3 heterocycles. The second-order valence-corrected chi connectivity index (χ2v) is 7.18. The van der Waals surface area contributed by atoms with E-state index in [0.29, 0.717) is 24.5 Å². The van der Waals surface area contributed by atoms with Crippen molar-refractivity contribution in [2.75, 3.05) is 0 Å². The Balaban J connectivity index is 1.75. The highest BCUT2D eigenvalue weighted by atomic mass is 16.5. The third-order valence-corrected chi connectivity index (χ3v) is 5.34. The van der Waals surface area contributed by atoms with E-state index in [2.05, 4.69) is 10.2 Å². The normalized spacial score (nSPS) is 18.6. The molecule has 7 nitrogen and oxygen atoms in total. The summed E-state index contributed by atoms with van der Waals surface area (Å²) in [7, 11) is 3.80. The zero-order valence-electron chi connectivity index (χ0n) is 15.6. The molecule has 0 N–H and O–H groups in total. The number of carbonyl (C=O) groups excluding carboxylic acids is 1. The molecule has 0 radical (unpaired) electrons. The Labute approximate surface area is 152 Å². The highest BCUT2D eigenvalue weighted by Crippen LogP contribution is 2.33. The van der Waals surface area contributed by atoms with Gasteiger partial charge in [0.15, 0.2) is 0 Å². The molecule has 0 bridgehead atoms. The summed E-state index contributed by atoms with van der Waals surface area (Å²) in [6.45, 7) is 4.04. The average Bonchev–Trinajstić information content (AvgIpc) is 3.27. The van der Waals surface area contributed by atoms with E-state index >= 15 is 0 Å². The van der Waals surface area contributed by atoms with E-state index in [1.165, 1.54) is 0 Å². The smallest absolute Gasteiger partial charge is 0.225 e. The first kappa shape index (κ1) is 16.8. The van der Waals surface area contributed by atoms with Crippen LogP contribution in [0.1, 0.15) is 31.9 Å². The molecule has 0 saturated heterocycles. The van der Waals surface area contributed by atoms with Gasteiger partial charge in [-0.05, 0) is 26.3 Å². The van der Waals surface area contributed by atoms with Crippen LogP contribution in [0.15, 0.2) is 18.5 Å². The first-order valence-corrected chi connectivity index (χ1v) is 8.94. The van der Waals surface area contributed by atoms with Gasteiger partial charge in [-0.15, -0.1) is 0 Å². The summed E-state index contributed by atoms with van der Waals surface area (Å²) in [4.78, 5) is 16.4. The van der Waals surface area contributed by atoms with Crippen LogP contribution < -0.4 is 4.74 Å². The molecule has 7 heteroatoms. The van der Waals surface area contributed by atoms with E-state index in [0.717, 1.165) is 34.3 Å². The lowest BCUT2D eigenvalue weighted by molar-refractivity contribution is -0.117. The number of Topliss-reactive ketones (excluding diaryl/α,β-unsaturated/α-hetero) is 1. The van der Waals surface area contributed by atoms with Crippen molar-refractivity contribution >= 4 is 16.7 Å². The van der Waals surface area contributed by atoms with Crippen molar-refractivity contribution < 1.29 is 9.53 Å². The lowest BCUT2D eigenvalue weighted by Gasteiger charge is -2.20. The molecule has 136 valence electrons. The van der Waals surface area contributed by atoms with Crippen LogP contribution >= 0.6 is 0 Å². The van der Waals surface area contributed by atoms with Crippen molar-refractivity contribution in [3.63, 3.8) is 0 Å². The van der Waals surface area contributed by atoms with Crippen molar-refractivity contribution in [1.29, 1.82) is 0 Å². The van der Waals surface area contributed by atoms with Gasteiger partial charge in [0, 0.05) is 50.3 Å². The van der Waals surface area contributed by atoms with Crippen molar-refractivity contribution in [1.82, 2.24) is 24.5 Å². The predicted octanol–water partition coefficient (Wildman–Crippen LogP) is 2.81. The summed E-state index contributed by atoms with van der Waals surface area (Å²) >= 11 is 0. The average molecular weight is 353 g/mol. The standard InChI is InChI=1S/C19H23N5O2/c1-11-15(9-20-24(11)4)17-8-18-16(10-23(3)22-18)19(21-17)26-12(2)13-5-6-14(25)7-13/h8-10,12-13H,5-7H2,1-4H3/t12-,13+/m1/s1. The molecule has 0 amide bonds. The number of aromatic nitrogens is 5. The Bertz CT molecular complexity index is 987. The molecule has 0 aliphatic heterocycles. The molecule has 1 aliphatic carbocycles. The summed E-state index contributed by atoms with van der Waals surface area (Å²) in [6, 6.07) is 1.97. The van der Waals surface area contributed by atoms with Crippen molar-refractivity contribution in [3.8, 4) is 17.1 Å². The summed E-state index contributed by atoms with van der Waals surface area (Å²) < 4.78 is 9.83. The van der Waals surface area contributed by atoms with Crippen LogP contribution in [0.25, 0.3) is 22.2 Å². The number of fused-ring (bicyclic) bond motifs is 1. The van der Waals surface area contributed by atoms with Crippen molar-refractivity contribution in [2.45, 2.75) is 39.2 Å². The number of rotatable bonds is 4. The number of hydrogen-bond acceptors (Lipinski definition) is 5. The molecule has 1 saturated carbocycles. The van der Waals surface area contributed by atoms with Gasteiger partial charge in [-0.25, -0.2) is 4.98 Å². The fraction of sp³-hybridized carbons (Fsp3) is 0.474. The van der Waals surface area contributed by atoms with Gasteiger partial charge in [-0.2, -0.15) is 10.2 Å². The van der Waals surface area contributed by atoms with Crippen LogP contribution in [-0.2, 0) is 18.9 Å². The molecule has 26 heavy (non-hydrogen) atoms. The number of ether oxygens (including phenoxy) is 1. The van der Waals surface area contributed by atoms with Gasteiger partial charge in [0.25, 0.3) is 0 Å². The Morgan fingerprint density at radius 2 is 2.15 bits per heavy atom. The van der Waals surface area contributed by atoms with Gasteiger partial charge in [-0.1, -0.05) is 0 Å². The fourth-order valence-electron chi connectivity index (χ4n) is 3.60. The largest absolute Gasteiger partial charge is 0.474 e. The predicted molar refractivity (Wildman–Crippen MR) is 97.9 cm³/mol. The van der Waals surface area contributed by atoms with Crippen molar-refractivity contribution in [2.24, 2.45) is 20.0 Å². The summed E-state index contributed by atoms with van der Waals surface area (Å²) in [5.74, 6) is 1.14. The molecule has 2 atom stereocenters. The monoisotopic (exact) mass is 353 g/mol. The van der Waals surface area contributed by atoms with Crippen LogP contribution in [0.2, 0.25) is 0 Å². The molecule has 0 spiro atoms. The first-order valence-electron chi connectivity index (χ1n) is 8.94. The number of hydrogen-bond donors (Lipinski definition) is 0. The lowest BCUT2D eigenvalue weighted by atomic mass is 10.0. The highest BCUT2D eigenvalue weighted by Gasteiger charge is 2.29. The van der Waals surface area contributed by atoms with Crippen LogP contribution in [0.4, 0.5) is 0 Å². The fourth-order valence-corrected chi connectivity index (χ4v) is 3.60. The van der Waals surface area contributed by atoms with E-state index in [9.17, 15) is 4.79 Å². The van der Waals surface area contributed by atoms with Gasteiger partial charge in [-0.3, -0.25) is 14.2 Å². The van der Waals surface area contributed by atoms with E-state index in [4.69, 9.17) is 9.72 Å². The first-order chi connectivity index (χ1) is 12.4. The van der Waals surface area contributed by atoms with Crippen LogP contribution in [0, 0.1) is 12.8 Å². The highest BCUT2D eigenvalue weighted by molar-refractivity contribution is 5.87. The molecule has 3 aromatic rings. The third kappa shape index (κ3) is 2.87. The van der Waals surface area contributed by atoms with E-state index in [1.54, 1.807) is 4.68 Å². The molecular formula is C19H23N5O2. The number of carbonyl (C=O) groups is 1. The number of pyridine rings is 1. The maximum absolute atomic E-state index is 11.6. The summed E-state index contributed by atoms with van der Waals surface area (Å²) in [5, 5.41) is 9.72. The Morgan fingerprint density at radius 1 is 1.35 bits per heavy atom. The van der Waals surface area contributed by atoms with E-state index in [1.807, 2.05) is 51.1 Å². The van der Waals surface area contributed by atoms with Crippen LogP contribution in [0.3, 0.4) is 0 Å². The minimum absolute atomic E-state index is 0.0670. The van der Waals surface area contributed by atoms with Gasteiger partial charge in [0.05, 0.1) is 22.8 Å². The molecule has 4 rings (SSSR count). The molecular weight excluding hydrogens is 330 g/mol. The van der Waals surface area contributed by atoms with Gasteiger partial charge >= 0.3 is 0 Å². The summed E-state index contributed by atoms with van der Waals surface area (Å²) in [5.41, 5.74) is 3.64. The minimum Gasteiger partial charge on any atom is -0.474 e.